The van der Waals surface area contributed by atoms with Crippen molar-refractivity contribution in [3.05, 3.63) is 65.7 Å². The van der Waals surface area contributed by atoms with Crippen molar-refractivity contribution in [1.29, 1.82) is 0 Å². The number of methoxy groups -OCH3 is 1. The summed E-state index contributed by atoms with van der Waals surface area (Å²) in [4.78, 5) is 27.4. The minimum Gasteiger partial charge on any atom is -0.497 e. The summed E-state index contributed by atoms with van der Waals surface area (Å²) in [5, 5.41) is 13.6. The molecule has 136 valence electrons. The Morgan fingerprint density at radius 1 is 0.963 bits per heavy atom. The smallest absolute Gasteiger partial charge is 0.265 e. The number of rotatable bonds is 5. The van der Waals surface area contributed by atoms with E-state index in [2.05, 4.69) is 5.32 Å². The van der Waals surface area contributed by atoms with E-state index >= 15 is 0 Å². The molecule has 27 heavy (non-hydrogen) atoms. The molecule has 3 aromatic rings. The highest BCUT2D eigenvalue weighted by atomic mass is 16.5. The fourth-order valence-electron chi connectivity index (χ4n) is 3.41. The van der Waals surface area contributed by atoms with Gasteiger partial charge in [0.1, 0.15) is 5.75 Å². The van der Waals surface area contributed by atoms with Crippen molar-refractivity contribution in [3.63, 3.8) is 0 Å². The van der Waals surface area contributed by atoms with Crippen LogP contribution >= 0.6 is 0 Å². The maximum atomic E-state index is 13.1. The standard InChI is InChI=1S/C21H18N2O4/c1-27-14-7-5-13(6-8-14)23-20(25)16-4-2-3-15-18(22-11-12-24)10-9-17(19(15)16)21(23)26/h2-10,22,24H,11-12H2,1H3. The van der Waals surface area contributed by atoms with Gasteiger partial charge in [-0.15, -0.1) is 0 Å². The molecule has 0 saturated heterocycles. The summed E-state index contributed by atoms with van der Waals surface area (Å²) in [6.45, 7) is 0.380. The fraction of sp³-hybridized carbons (Fsp3) is 0.143. The molecule has 0 aliphatic carbocycles. The quantitative estimate of drug-likeness (QED) is 0.682. The van der Waals surface area contributed by atoms with Crippen molar-refractivity contribution >= 4 is 34.0 Å². The van der Waals surface area contributed by atoms with Crippen LogP contribution in [0, 0.1) is 0 Å². The van der Waals surface area contributed by atoms with E-state index in [1.54, 1.807) is 55.6 Å². The van der Waals surface area contributed by atoms with Crippen LogP contribution in [0.25, 0.3) is 10.8 Å². The number of carbonyl (C=O) groups is 2. The summed E-state index contributed by atoms with van der Waals surface area (Å²) < 4.78 is 5.15. The molecule has 0 atom stereocenters. The number of carbonyl (C=O) groups excluding carboxylic acids is 2. The fourth-order valence-corrected chi connectivity index (χ4v) is 3.41. The predicted octanol–water partition coefficient (Wildman–Crippen LogP) is 3.05. The molecule has 0 radical (unpaired) electrons. The maximum absolute atomic E-state index is 13.1. The summed E-state index contributed by atoms with van der Waals surface area (Å²) in [7, 11) is 1.56. The molecule has 0 fully saturated rings. The minimum absolute atomic E-state index is 0.00789. The second-order valence-electron chi connectivity index (χ2n) is 6.18. The third kappa shape index (κ3) is 2.71. The lowest BCUT2D eigenvalue weighted by molar-refractivity contribution is 0.0893. The molecule has 2 N–H and O–H groups in total. The Hall–Kier alpha value is -3.38. The molecule has 0 saturated carbocycles. The summed E-state index contributed by atoms with van der Waals surface area (Å²) in [5.41, 5.74) is 2.23. The lowest BCUT2D eigenvalue weighted by Crippen LogP contribution is -2.40. The van der Waals surface area contributed by atoms with E-state index in [1.165, 1.54) is 4.90 Å². The first-order chi connectivity index (χ1) is 13.2. The van der Waals surface area contributed by atoms with Crippen LogP contribution in [0.15, 0.2) is 54.6 Å². The number of hydrogen-bond donors (Lipinski definition) is 2. The Morgan fingerprint density at radius 2 is 1.67 bits per heavy atom. The van der Waals surface area contributed by atoms with E-state index in [1.807, 2.05) is 6.07 Å². The summed E-state index contributed by atoms with van der Waals surface area (Å²) >= 11 is 0. The zero-order valence-corrected chi connectivity index (χ0v) is 14.7. The lowest BCUT2D eigenvalue weighted by atomic mass is 9.92. The van der Waals surface area contributed by atoms with E-state index in [4.69, 9.17) is 9.84 Å². The summed E-state index contributed by atoms with van der Waals surface area (Å²) in [6.07, 6.45) is 0. The van der Waals surface area contributed by atoms with Crippen LogP contribution in [0.2, 0.25) is 0 Å². The molecule has 1 aliphatic rings. The molecular weight excluding hydrogens is 344 g/mol. The van der Waals surface area contributed by atoms with Crippen LogP contribution in [0.3, 0.4) is 0 Å². The Balaban J connectivity index is 1.85. The molecule has 6 nitrogen and oxygen atoms in total. The first-order valence-electron chi connectivity index (χ1n) is 8.59. The van der Waals surface area contributed by atoms with Gasteiger partial charge in [-0.25, -0.2) is 4.90 Å². The maximum Gasteiger partial charge on any atom is 0.265 e. The second kappa shape index (κ2) is 6.74. The van der Waals surface area contributed by atoms with E-state index in [9.17, 15) is 9.59 Å². The average molecular weight is 362 g/mol. The summed E-state index contributed by atoms with van der Waals surface area (Å²) in [5.74, 6) is -0.0668. The number of nitrogens with one attached hydrogen (secondary N) is 1. The SMILES string of the molecule is COc1ccc(N2C(=O)c3cccc4c(NCCO)ccc(c34)C2=O)cc1. The van der Waals surface area contributed by atoms with Crippen LogP contribution < -0.4 is 15.0 Å². The number of imide groups is 1. The third-order valence-corrected chi connectivity index (χ3v) is 4.67. The van der Waals surface area contributed by atoms with Crippen molar-refractivity contribution in [1.82, 2.24) is 0 Å². The molecule has 1 heterocycles. The Morgan fingerprint density at radius 3 is 2.33 bits per heavy atom. The second-order valence-corrected chi connectivity index (χ2v) is 6.18. The molecular formula is C21H18N2O4. The Bertz CT molecular complexity index is 1020. The molecule has 0 aromatic heterocycles. The number of aliphatic hydroxyl groups is 1. The number of ether oxygens (including phenoxy) is 1. The van der Waals surface area contributed by atoms with E-state index in [0.29, 0.717) is 34.5 Å². The Kier molecular flexibility index (Phi) is 4.25. The lowest BCUT2D eigenvalue weighted by Gasteiger charge is -2.28. The Labute approximate surface area is 156 Å². The van der Waals surface area contributed by atoms with Crippen LogP contribution in [0.1, 0.15) is 20.7 Å². The molecule has 0 unspecified atom stereocenters. The zero-order chi connectivity index (χ0) is 19.0. The van der Waals surface area contributed by atoms with Gasteiger partial charge in [-0.1, -0.05) is 12.1 Å². The molecule has 2 amide bonds. The van der Waals surface area contributed by atoms with Gasteiger partial charge in [0.05, 0.1) is 19.4 Å². The number of benzene rings is 3. The number of hydrogen-bond acceptors (Lipinski definition) is 5. The van der Waals surface area contributed by atoms with Crippen molar-refractivity contribution in [2.24, 2.45) is 0 Å². The molecule has 0 bridgehead atoms. The van der Waals surface area contributed by atoms with Gasteiger partial charge < -0.3 is 15.2 Å². The zero-order valence-electron chi connectivity index (χ0n) is 14.7. The third-order valence-electron chi connectivity index (χ3n) is 4.67. The van der Waals surface area contributed by atoms with Gasteiger partial charge in [-0.2, -0.15) is 0 Å². The first-order valence-corrected chi connectivity index (χ1v) is 8.59. The highest BCUT2D eigenvalue weighted by molar-refractivity contribution is 6.36. The van der Waals surface area contributed by atoms with Crippen molar-refractivity contribution < 1.29 is 19.4 Å². The van der Waals surface area contributed by atoms with Crippen molar-refractivity contribution in [3.8, 4) is 5.75 Å². The number of nitrogens with zero attached hydrogens (tertiary/aromatic N) is 1. The van der Waals surface area contributed by atoms with Crippen LogP contribution in [0.5, 0.6) is 5.75 Å². The largest absolute Gasteiger partial charge is 0.497 e. The van der Waals surface area contributed by atoms with E-state index in [0.717, 1.165) is 11.1 Å². The minimum atomic E-state index is -0.359. The van der Waals surface area contributed by atoms with Gasteiger partial charge >= 0.3 is 0 Å². The topological polar surface area (TPSA) is 78.9 Å². The van der Waals surface area contributed by atoms with Gasteiger partial charge in [-0.05, 0) is 42.5 Å². The van der Waals surface area contributed by atoms with Crippen molar-refractivity contribution in [2.45, 2.75) is 0 Å². The molecule has 4 rings (SSSR count). The highest BCUT2D eigenvalue weighted by Gasteiger charge is 2.34. The number of aliphatic hydroxyl groups excluding tert-OH is 1. The average Bonchev–Trinajstić information content (AvgIpc) is 2.71. The molecule has 1 aliphatic heterocycles. The van der Waals surface area contributed by atoms with E-state index < -0.39 is 0 Å². The van der Waals surface area contributed by atoms with Gasteiger partial charge in [0.15, 0.2) is 0 Å². The number of anilines is 2. The predicted molar refractivity (Wildman–Crippen MR) is 104 cm³/mol. The monoisotopic (exact) mass is 362 g/mol. The first kappa shape index (κ1) is 17.1. The van der Waals surface area contributed by atoms with Gasteiger partial charge in [0.2, 0.25) is 0 Å². The van der Waals surface area contributed by atoms with Crippen LogP contribution in [0.4, 0.5) is 11.4 Å². The van der Waals surface area contributed by atoms with Crippen LogP contribution in [-0.4, -0.2) is 37.2 Å². The van der Waals surface area contributed by atoms with Crippen molar-refractivity contribution in [2.75, 3.05) is 30.5 Å². The molecule has 6 heteroatoms. The highest BCUT2D eigenvalue weighted by Crippen LogP contribution is 2.36. The summed E-state index contributed by atoms with van der Waals surface area (Å²) in [6, 6.07) is 15.7. The van der Waals surface area contributed by atoms with E-state index in [-0.39, 0.29) is 18.4 Å². The normalized spacial score (nSPS) is 13.2. The van der Waals surface area contributed by atoms with Gasteiger partial charge in [0, 0.05) is 34.1 Å². The van der Waals surface area contributed by atoms with Gasteiger partial charge in [-0.3, -0.25) is 9.59 Å². The van der Waals surface area contributed by atoms with Crippen LogP contribution in [-0.2, 0) is 0 Å². The number of amides is 2. The molecule has 0 spiro atoms. The molecule has 3 aromatic carbocycles. The van der Waals surface area contributed by atoms with Gasteiger partial charge in [0.25, 0.3) is 11.8 Å².